The van der Waals surface area contributed by atoms with Gasteiger partial charge in [0, 0.05) is 12.7 Å². The summed E-state index contributed by atoms with van der Waals surface area (Å²) in [6.07, 6.45) is 1.95. The van der Waals surface area contributed by atoms with Crippen molar-refractivity contribution in [1.29, 1.82) is 0 Å². The molecule has 19 heavy (non-hydrogen) atoms. The number of hydrogen-bond acceptors (Lipinski definition) is 4. The molecule has 2 rings (SSSR count). The molecule has 0 atom stereocenters. The molecule has 0 saturated heterocycles. The zero-order chi connectivity index (χ0) is 14.2. The van der Waals surface area contributed by atoms with Crippen molar-refractivity contribution < 1.29 is 0 Å². The summed E-state index contributed by atoms with van der Waals surface area (Å²) in [5.74, 6) is 1.24. The van der Waals surface area contributed by atoms with Gasteiger partial charge in [0.15, 0.2) is 5.82 Å². The summed E-state index contributed by atoms with van der Waals surface area (Å²) in [5, 5.41) is 4.41. The van der Waals surface area contributed by atoms with Crippen LogP contribution in [-0.2, 0) is 13.5 Å². The maximum absolute atomic E-state index is 6.01. The molecule has 0 unspecified atom stereocenters. The van der Waals surface area contributed by atoms with Gasteiger partial charge in [-0.05, 0) is 42.9 Å². The van der Waals surface area contributed by atoms with Crippen molar-refractivity contribution in [2.75, 3.05) is 5.73 Å². The van der Waals surface area contributed by atoms with Gasteiger partial charge in [-0.3, -0.25) is 4.68 Å². The van der Waals surface area contributed by atoms with Crippen LogP contribution >= 0.6 is 22.6 Å². The lowest BCUT2D eigenvalue weighted by Gasteiger charge is -2.08. The van der Waals surface area contributed by atoms with Crippen molar-refractivity contribution in [2.24, 2.45) is 7.05 Å². The van der Waals surface area contributed by atoms with Gasteiger partial charge in [-0.15, -0.1) is 0 Å². The van der Waals surface area contributed by atoms with Crippen LogP contribution in [0.15, 0.2) is 0 Å². The van der Waals surface area contributed by atoms with E-state index in [0.29, 0.717) is 11.6 Å². The van der Waals surface area contributed by atoms with E-state index in [1.54, 1.807) is 0 Å². The van der Waals surface area contributed by atoms with E-state index in [-0.39, 0.29) is 0 Å². The first-order valence-electron chi connectivity index (χ1n) is 6.28. The number of anilines is 1. The van der Waals surface area contributed by atoms with E-state index < -0.39 is 0 Å². The zero-order valence-corrected chi connectivity index (χ0v) is 13.8. The van der Waals surface area contributed by atoms with E-state index in [1.807, 2.05) is 25.6 Å². The first-order chi connectivity index (χ1) is 8.95. The van der Waals surface area contributed by atoms with Gasteiger partial charge in [0.2, 0.25) is 0 Å². The molecule has 2 aromatic rings. The number of nitrogen functional groups attached to an aromatic ring is 1. The molecule has 6 heteroatoms. The number of nitrogens with two attached hydrogens (primary N) is 1. The molecule has 0 amide bonds. The maximum Gasteiger partial charge on any atom is 0.165 e. The highest BCUT2D eigenvalue weighted by Gasteiger charge is 2.17. The molecule has 102 valence electrons. The van der Waals surface area contributed by atoms with Gasteiger partial charge in [0.05, 0.1) is 20.5 Å². The van der Waals surface area contributed by atoms with E-state index in [0.717, 1.165) is 39.1 Å². The Kier molecular flexibility index (Phi) is 4.07. The van der Waals surface area contributed by atoms with E-state index in [9.17, 15) is 0 Å². The minimum atomic E-state index is 0.553. The number of hydrogen-bond donors (Lipinski definition) is 1. The van der Waals surface area contributed by atoms with Gasteiger partial charge < -0.3 is 5.73 Å². The van der Waals surface area contributed by atoms with Gasteiger partial charge in [0.1, 0.15) is 5.82 Å². The fourth-order valence-corrected chi connectivity index (χ4v) is 2.64. The number of aryl methyl sites for hydroxylation is 3. The molecule has 5 nitrogen and oxygen atoms in total. The highest BCUT2D eigenvalue weighted by molar-refractivity contribution is 14.1. The standard InChI is InChI=1S/C13H18IN5/c1-5-6-9-11(14)12(15)17-13(16-9)10-7(2)18-19(4)8(10)3/h5-6H2,1-4H3,(H2,15,16,17). The molecule has 0 aliphatic heterocycles. The molecule has 0 aromatic carbocycles. The fraction of sp³-hybridized carbons (Fsp3) is 0.462. The van der Waals surface area contributed by atoms with Crippen molar-refractivity contribution >= 4 is 28.4 Å². The van der Waals surface area contributed by atoms with E-state index >= 15 is 0 Å². The number of rotatable bonds is 3. The molecule has 0 aliphatic rings. The van der Waals surface area contributed by atoms with Crippen molar-refractivity contribution in [2.45, 2.75) is 33.6 Å². The van der Waals surface area contributed by atoms with E-state index in [2.05, 4.69) is 44.6 Å². The third-order valence-corrected chi connectivity index (χ3v) is 4.34. The van der Waals surface area contributed by atoms with Crippen LogP contribution in [0.4, 0.5) is 5.82 Å². The van der Waals surface area contributed by atoms with Crippen molar-refractivity contribution in [3.05, 3.63) is 20.7 Å². The summed E-state index contributed by atoms with van der Waals surface area (Å²) >= 11 is 2.22. The van der Waals surface area contributed by atoms with Crippen LogP contribution in [0.2, 0.25) is 0 Å². The Morgan fingerprint density at radius 3 is 2.47 bits per heavy atom. The number of nitrogens with zero attached hydrogens (tertiary/aromatic N) is 4. The van der Waals surface area contributed by atoms with Crippen molar-refractivity contribution in [3.8, 4) is 11.4 Å². The lowest BCUT2D eigenvalue weighted by atomic mass is 10.1. The summed E-state index contributed by atoms with van der Waals surface area (Å²) in [7, 11) is 1.93. The predicted octanol–water partition coefficient (Wildman–Crippen LogP) is 2.63. The Morgan fingerprint density at radius 2 is 1.95 bits per heavy atom. The van der Waals surface area contributed by atoms with Gasteiger partial charge in [-0.1, -0.05) is 13.3 Å². The molecule has 0 saturated carbocycles. The first kappa shape index (κ1) is 14.2. The van der Waals surface area contributed by atoms with Crippen LogP contribution in [0.3, 0.4) is 0 Å². The predicted molar refractivity (Wildman–Crippen MR) is 84.8 cm³/mol. The van der Waals surface area contributed by atoms with Crippen LogP contribution in [0.5, 0.6) is 0 Å². The molecular formula is C13H18IN5. The summed E-state index contributed by atoms with van der Waals surface area (Å²) in [6.45, 7) is 6.13. The Morgan fingerprint density at radius 1 is 1.26 bits per heavy atom. The molecule has 2 heterocycles. The topological polar surface area (TPSA) is 69.6 Å². The smallest absolute Gasteiger partial charge is 0.165 e. The normalized spacial score (nSPS) is 11.0. The first-order valence-corrected chi connectivity index (χ1v) is 7.36. The van der Waals surface area contributed by atoms with E-state index in [1.165, 1.54) is 0 Å². The molecule has 0 bridgehead atoms. The van der Waals surface area contributed by atoms with Crippen molar-refractivity contribution in [3.63, 3.8) is 0 Å². The highest BCUT2D eigenvalue weighted by atomic mass is 127. The van der Waals surface area contributed by atoms with Crippen LogP contribution in [0.25, 0.3) is 11.4 Å². The third kappa shape index (κ3) is 2.58. The number of halogens is 1. The maximum atomic E-state index is 6.01. The zero-order valence-electron chi connectivity index (χ0n) is 11.7. The minimum absolute atomic E-state index is 0.553. The van der Waals surface area contributed by atoms with Crippen molar-refractivity contribution in [1.82, 2.24) is 19.7 Å². The van der Waals surface area contributed by atoms with Crippen LogP contribution in [0, 0.1) is 17.4 Å². The molecule has 0 aliphatic carbocycles. The van der Waals surface area contributed by atoms with Gasteiger partial charge >= 0.3 is 0 Å². The van der Waals surface area contributed by atoms with Crippen LogP contribution < -0.4 is 5.73 Å². The molecule has 0 spiro atoms. The van der Waals surface area contributed by atoms with Crippen LogP contribution in [0.1, 0.15) is 30.4 Å². The summed E-state index contributed by atoms with van der Waals surface area (Å²) in [6, 6.07) is 0. The molecule has 2 N–H and O–H groups in total. The van der Waals surface area contributed by atoms with Gasteiger partial charge in [-0.25, -0.2) is 9.97 Å². The largest absolute Gasteiger partial charge is 0.383 e. The molecule has 0 radical (unpaired) electrons. The number of aromatic nitrogens is 4. The lowest BCUT2D eigenvalue weighted by Crippen LogP contribution is -2.05. The molecule has 0 fully saturated rings. The average molecular weight is 371 g/mol. The minimum Gasteiger partial charge on any atom is -0.383 e. The second-order valence-corrected chi connectivity index (χ2v) is 5.69. The summed E-state index contributed by atoms with van der Waals surface area (Å²) in [5.41, 5.74) is 10.0. The Hall–Kier alpha value is -1.18. The Balaban J connectivity index is 2.62. The quantitative estimate of drug-likeness (QED) is 0.843. The van der Waals surface area contributed by atoms with Crippen LogP contribution in [-0.4, -0.2) is 19.7 Å². The lowest BCUT2D eigenvalue weighted by molar-refractivity contribution is 0.731. The molecule has 2 aromatic heterocycles. The second-order valence-electron chi connectivity index (χ2n) is 4.61. The van der Waals surface area contributed by atoms with Gasteiger partial charge in [-0.2, -0.15) is 5.10 Å². The Bertz CT molecular complexity index is 618. The summed E-state index contributed by atoms with van der Waals surface area (Å²) in [4.78, 5) is 9.10. The Labute approximate surface area is 126 Å². The highest BCUT2D eigenvalue weighted by Crippen LogP contribution is 2.27. The monoisotopic (exact) mass is 371 g/mol. The average Bonchev–Trinajstić information content (AvgIpc) is 2.59. The fourth-order valence-electron chi connectivity index (χ4n) is 2.12. The molecular weight excluding hydrogens is 353 g/mol. The summed E-state index contributed by atoms with van der Waals surface area (Å²) < 4.78 is 2.81. The van der Waals surface area contributed by atoms with Gasteiger partial charge in [0.25, 0.3) is 0 Å². The third-order valence-electron chi connectivity index (χ3n) is 3.16. The van der Waals surface area contributed by atoms with E-state index in [4.69, 9.17) is 5.73 Å². The SMILES string of the molecule is CCCc1nc(-c2c(C)nn(C)c2C)nc(N)c1I. The second kappa shape index (κ2) is 5.44.